The first-order chi connectivity index (χ1) is 15.6. The highest BCUT2D eigenvalue weighted by atomic mass is 79.9. The number of anilines is 1. The summed E-state index contributed by atoms with van der Waals surface area (Å²) in [6, 6.07) is 20.6. The van der Waals surface area contributed by atoms with Gasteiger partial charge in [0.05, 0.1) is 11.9 Å². The van der Waals surface area contributed by atoms with Crippen LogP contribution in [0.3, 0.4) is 0 Å². The molecule has 0 unspecified atom stereocenters. The average Bonchev–Trinajstić information content (AvgIpc) is 3.27. The summed E-state index contributed by atoms with van der Waals surface area (Å²) >= 11 is 3.45. The standard InChI is InChI=1S/C24H16BrN5O2/c25-21-22(26)30-23(29-24(21)32-18-9-6-15(14-31)7-10-18)19(13-28-30)17-8-11-20(27-12-17)16-4-2-1-3-5-16/h1-14H,26H2. The maximum absolute atomic E-state index is 10.9. The van der Waals surface area contributed by atoms with Crippen molar-refractivity contribution in [1.82, 2.24) is 19.6 Å². The number of nitrogen functional groups attached to an aromatic ring is 1. The second kappa shape index (κ2) is 8.24. The largest absolute Gasteiger partial charge is 0.438 e. The molecule has 0 fully saturated rings. The second-order valence-corrected chi connectivity index (χ2v) is 7.79. The Hall–Kier alpha value is -4.04. The van der Waals surface area contributed by atoms with E-state index < -0.39 is 0 Å². The highest BCUT2D eigenvalue weighted by Gasteiger charge is 2.18. The van der Waals surface area contributed by atoms with Gasteiger partial charge >= 0.3 is 0 Å². The van der Waals surface area contributed by atoms with Gasteiger partial charge in [0.15, 0.2) is 5.65 Å². The van der Waals surface area contributed by atoms with Crippen LogP contribution in [-0.2, 0) is 0 Å². The minimum atomic E-state index is 0.296. The number of benzene rings is 2. The van der Waals surface area contributed by atoms with Gasteiger partial charge in [-0.05, 0) is 46.3 Å². The van der Waals surface area contributed by atoms with E-state index in [0.717, 1.165) is 28.7 Å². The molecule has 7 nitrogen and oxygen atoms in total. The third-order valence-corrected chi connectivity index (χ3v) is 5.71. The number of ether oxygens (including phenoxy) is 1. The van der Waals surface area contributed by atoms with E-state index in [0.29, 0.717) is 33.1 Å². The van der Waals surface area contributed by atoms with Crippen molar-refractivity contribution >= 4 is 33.7 Å². The van der Waals surface area contributed by atoms with Crippen LogP contribution in [0.15, 0.2) is 83.6 Å². The van der Waals surface area contributed by atoms with Crippen LogP contribution in [0.5, 0.6) is 11.6 Å². The lowest BCUT2D eigenvalue weighted by Gasteiger charge is -2.10. The van der Waals surface area contributed by atoms with Crippen LogP contribution in [0.1, 0.15) is 10.4 Å². The highest BCUT2D eigenvalue weighted by Crippen LogP contribution is 2.35. The molecule has 0 radical (unpaired) electrons. The van der Waals surface area contributed by atoms with Gasteiger partial charge in [-0.25, -0.2) is 0 Å². The fourth-order valence-electron chi connectivity index (χ4n) is 3.30. The van der Waals surface area contributed by atoms with Crippen LogP contribution in [0.25, 0.3) is 28.0 Å². The molecule has 5 aromatic rings. The first-order valence-corrected chi connectivity index (χ1v) is 10.5. The molecule has 0 saturated carbocycles. The first kappa shape index (κ1) is 19.9. The molecule has 0 saturated heterocycles. The maximum Gasteiger partial charge on any atom is 0.239 e. The number of aromatic nitrogens is 4. The third kappa shape index (κ3) is 3.61. The van der Waals surface area contributed by atoms with Gasteiger partial charge in [-0.1, -0.05) is 36.4 Å². The van der Waals surface area contributed by atoms with E-state index in [1.54, 1.807) is 41.2 Å². The molecular formula is C24H16BrN5O2. The molecule has 0 aliphatic rings. The summed E-state index contributed by atoms with van der Waals surface area (Å²) < 4.78 is 7.96. The number of halogens is 1. The Balaban J connectivity index is 1.54. The van der Waals surface area contributed by atoms with Crippen molar-refractivity contribution in [3.63, 3.8) is 0 Å². The SMILES string of the molecule is Nc1c(Br)c(Oc2ccc(C=O)cc2)nc2c(-c3ccc(-c4ccccc4)nc3)cnn12. The lowest BCUT2D eigenvalue weighted by Crippen LogP contribution is -2.04. The van der Waals surface area contributed by atoms with E-state index in [1.165, 1.54) is 0 Å². The Bertz CT molecular complexity index is 1420. The monoisotopic (exact) mass is 485 g/mol. The van der Waals surface area contributed by atoms with Crippen LogP contribution in [0.4, 0.5) is 5.82 Å². The lowest BCUT2D eigenvalue weighted by molar-refractivity contribution is 0.112. The van der Waals surface area contributed by atoms with Gasteiger partial charge in [0.1, 0.15) is 22.3 Å². The fourth-order valence-corrected chi connectivity index (χ4v) is 3.64. The number of hydrogen-bond donors (Lipinski definition) is 1. The second-order valence-electron chi connectivity index (χ2n) is 7.00. The maximum atomic E-state index is 10.9. The smallest absolute Gasteiger partial charge is 0.239 e. The molecule has 3 aromatic heterocycles. The molecule has 0 atom stereocenters. The van der Waals surface area contributed by atoms with E-state index in [2.05, 4.69) is 31.0 Å². The summed E-state index contributed by atoms with van der Waals surface area (Å²) in [6.45, 7) is 0. The molecule has 2 N–H and O–H groups in total. The zero-order valence-corrected chi connectivity index (χ0v) is 18.2. The van der Waals surface area contributed by atoms with Crippen molar-refractivity contribution in [3.05, 3.63) is 89.2 Å². The molecule has 3 heterocycles. The number of carbonyl (C=O) groups is 1. The van der Waals surface area contributed by atoms with Crippen molar-refractivity contribution < 1.29 is 9.53 Å². The van der Waals surface area contributed by atoms with E-state index in [9.17, 15) is 4.79 Å². The number of fused-ring (bicyclic) bond motifs is 1. The molecule has 0 aliphatic carbocycles. The van der Waals surface area contributed by atoms with E-state index in [4.69, 9.17) is 10.5 Å². The molecule has 156 valence electrons. The minimum absolute atomic E-state index is 0.296. The number of carbonyl (C=O) groups excluding carboxylic acids is 1. The predicted molar refractivity (Wildman–Crippen MR) is 126 cm³/mol. The van der Waals surface area contributed by atoms with Crippen molar-refractivity contribution in [1.29, 1.82) is 0 Å². The summed E-state index contributed by atoms with van der Waals surface area (Å²) in [4.78, 5) is 20.1. The van der Waals surface area contributed by atoms with Crippen molar-refractivity contribution in [3.8, 4) is 34.0 Å². The van der Waals surface area contributed by atoms with Gasteiger partial charge in [-0.15, -0.1) is 0 Å². The molecule has 8 heteroatoms. The quantitative estimate of drug-likeness (QED) is 0.334. The van der Waals surface area contributed by atoms with Crippen molar-refractivity contribution in [2.24, 2.45) is 0 Å². The number of nitrogens with zero attached hydrogens (tertiary/aromatic N) is 4. The number of aldehydes is 1. The number of nitrogens with two attached hydrogens (primary N) is 1. The zero-order valence-electron chi connectivity index (χ0n) is 16.6. The first-order valence-electron chi connectivity index (χ1n) is 9.71. The highest BCUT2D eigenvalue weighted by molar-refractivity contribution is 9.10. The zero-order chi connectivity index (χ0) is 22.1. The van der Waals surface area contributed by atoms with Gasteiger partial charge in [0, 0.05) is 28.5 Å². The number of hydrogen-bond acceptors (Lipinski definition) is 6. The van der Waals surface area contributed by atoms with Crippen molar-refractivity contribution in [2.75, 3.05) is 5.73 Å². The Morgan fingerprint density at radius 2 is 1.72 bits per heavy atom. The Kier molecular flexibility index (Phi) is 5.12. The molecule has 0 aliphatic heterocycles. The number of rotatable bonds is 5. The van der Waals surface area contributed by atoms with E-state index in [-0.39, 0.29) is 0 Å². The normalized spacial score (nSPS) is 10.9. The Morgan fingerprint density at radius 1 is 0.938 bits per heavy atom. The Morgan fingerprint density at radius 3 is 2.41 bits per heavy atom. The summed E-state index contributed by atoms with van der Waals surface area (Å²) in [5.74, 6) is 1.18. The average molecular weight is 486 g/mol. The molecule has 32 heavy (non-hydrogen) atoms. The van der Waals surface area contributed by atoms with Crippen LogP contribution in [-0.4, -0.2) is 25.9 Å². The van der Waals surface area contributed by atoms with Gasteiger partial charge in [-0.3, -0.25) is 9.78 Å². The van der Waals surface area contributed by atoms with Crippen LogP contribution in [0.2, 0.25) is 0 Å². The lowest BCUT2D eigenvalue weighted by atomic mass is 10.1. The van der Waals surface area contributed by atoms with Crippen LogP contribution >= 0.6 is 15.9 Å². The molecule has 2 aromatic carbocycles. The van der Waals surface area contributed by atoms with Crippen molar-refractivity contribution in [2.45, 2.75) is 0 Å². The molecule has 5 rings (SSSR count). The minimum Gasteiger partial charge on any atom is -0.438 e. The van der Waals surface area contributed by atoms with Crippen LogP contribution in [0, 0.1) is 0 Å². The van der Waals surface area contributed by atoms with E-state index in [1.807, 2.05) is 42.5 Å². The van der Waals surface area contributed by atoms with Gasteiger partial charge in [0.25, 0.3) is 0 Å². The summed E-state index contributed by atoms with van der Waals surface area (Å²) in [5.41, 5.74) is 10.9. The van der Waals surface area contributed by atoms with E-state index >= 15 is 0 Å². The summed E-state index contributed by atoms with van der Waals surface area (Å²) in [7, 11) is 0. The van der Waals surface area contributed by atoms with Crippen LogP contribution < -0.4 is 10.5 Å². The fraction of sp³-hybridized carbons (Fsp3) is 0. The van der Waals surface area contributed by atoms with Gasteiger partial charge in [0.2, 0.25) is 5.88 Å². The van der Waals surface area contributed by atoms with Gasteiger partial charge < -0.3 is 10.5 Å². The molecule has 0 spiro atoms. The number of pyridine rings is 1. The topological polar surface area (TPSA) is 95.4 Å². The molecule has 0 amide bonds. The summed E-state index contributed by atoms with van der Waals surface area (Å²) in [5, 5.41) is 4.38. The predicted octanol–water partition coefficient (Wildman–Crippen LogP) is 5.41. The summed E-state index contributed by atoms with van der Waals surface area (Å²) in [6.07, 6.45) is 4.27. The Labute approximate surface area is 191 Å². The molecule has 0 bridgehead atoms. The molecular weight excluding hydrogens is 470 g/mol. The third-order valence-electron chi connectivity index (χ3n) is 4.97. The van der Waals surface area contributed by atoms with Gasteiger partial charge in [-0.2, -0.15) is 14.6 Å².